The van der Waals surface area contributed by atoms with Gasteiger partial charge in [-0.25, -0.2) is 8.78 Å². The summed E-state index contributed by atoms with van der Waals surface area (Å²) in [6.45, 7) is 1.28. The molecule has 0 saturated heterocycles. The number of nitrogen functional groups attached to an aromatic ring is 1. The molecule has 0 heterocycles. The second kappa shape index (κ2) is 5.59. The normalized spacial score (nSPS) is 10.0. The van der Waals surface area contributed by atoms with Gasteiger partial charge in [0.25, 0.3) is 0 Å². The average Bonchev–Trinajstić information content (AvgIpc) is 2.43. The molecule has 2 rings (SSSR count). The zero-order valence-corrected chi connectivity index (χ0v) is 11.0. The minimum absolute atomic E-state index is 0.0146. The average molecular weight is 288 g/mol. The van der Waals surface area contributed by atoms with Crippen LogP contribution in [0.15, 0.2) is 30.3 Å². The monoisotopic (exact) mass is 288 g/mol. The molecule has 0 unspecified atom stereocenters. The molecule has 2 N–H and O–H groups in total. The molecule has 0 spiro atoms. The van der Waals surface area contributed by atoms with Gasteiger partial charge >= 0.3 is 0 Å². The van der Waals surface area contributed by atoms with E-state index in [1.807, 2.05) is 0 Å². The third-order valence-corrected chi connectivity index (χ3v) is 2.72. The number of ether oxygens (including phenoxy) is 1. The highest BCUT2D eigenvalue weighted by molar-refractivity contribution is 5.97. The molecule has 21 heavy (non-hydrogen) atoms. The van der Waals surface area contributed by atoms with E-state index in [1.54, 1.807) is 6.07 Å². The lowest BCUT2D eigenvalue weighted by atomic mass is 10.1. The maximum Gasteiger partial charge on any atom is 0.198 e. The van der Waals surface area contributed by atoms with Crippen molar-refractivity contribution in [1.82, 2.24) is 0 Å². The van der Waals surface area contributed by atoms with Crippen LogP contribution in [0.3, 0.4) is 0 Å². The lowest BCUT2D eigenvalue weighted by molar-refractivity contribution is 0.101. The number of nitrogens with zero attached hydrogens (tertiary/aromatic N) is 1. The summed E-state index contributed by atoms with van der Waals surface area (Å²) in [4.78, 5) is 11.5. The van der Waals surface area contributed by atoms with Crippen LogP contribution in [-0.2, 0) is 0 Å². The van der Waals surface area contributed by atoms with Crippen LogP contribution in [0.1, 0.15) is 22.8 Å². The van der Waals surface area contributed by atoms with Gasteiger partial charge in [-0.3, -0.25) is 4.79 Å². The first-order valence-corrected chi connectivity index (χ1v) is 5.90. The van der Waals surface area contributed by atoms with E-state index in [4.69, 9.17) is 15.7 Å². The van der Waals surface area contributed by atoms with Gasteiger partial charge < -0.3 is 10.5 Å². The maximum atomic E-state index is 13.8. The van der Waals surface area contributed by atoms with Crippen LogP contribution in [0.25, 0.3) is 0 Å². The van der Waals surface area contributed by atoms with E-state index in [0.29, 0.717) is 5.69 Å². The maximum absolute atomic E-state index is 13.8. The molecule has 2 aromatic rings. The molecule has 0 bridgehead atoms. The number of nitrogens with two attached hydrogens (primary N) is 1. The van der Waals surface area contributed by atoms with Gasteiger partial charge in [-0.15, -0.1) is 0 Å². The van der Waals surface area contributed by atoms with Crippen LogP contribution in [0.5, 0.6) is 11.5 Å². The Labute approximate surface area is 119 Å². The van der Waals surface area contributed by atoms with Crippen molar-refractivity contribution < 1.29 is 18.3 Å². The number of hydrogen-bond donors (Lipinski definition) is 1. The lowest BCUT2D eigenvalue weighted by Crippen LogP contribution is -2.01. The Balaban J connectivity index is 2.49. The van der Waals surface area contributed by atoms with E-state index in [9.17, 15) is 13.6 Å². The number of ketones is 1. The molecule has 2 aromatic carbocycles. The van der Waals surface area contributed by atoms with E-state index in [0.717, 1.165) is 12.1 Å². The highest BCUT2D eigenvalue weighted by Crippen LogP contribution is 2.31. The van der Waals surface area contributed by atoms with Gasteiger partial charge in [0.05, 0.1) is 17.2 Å². The molecule has 0 atom stereocenters. The summed E-state index contributed by atoms with van der Waals surface area (Å²) >= 11 is 0. The zero-order valence-electron chi connectivity index (χ0n) is 11.0. The van der Waals surface area contributed by atoms with Crippen LogP contribution in [-0.4, -0.2) is 5.78 Å². The number of rotatable bonds is 3. The largest absolute Gasteiger partial charge is 0.450 e. The van der Waals surface area contributed by atoms with Crippen LogP contribution in [0.2, 0.25) is 0 Å². The van der Waals surface area contributed by atoms with Crippen LogP contribution < -0.4 is 10.5 Å². The quantitative estimate of drug-likeness (QED) is 0.693. The summed E-state index contributed by atoms with van der Waals surface area (Å²) in [5.41, 5.74) is 5.84. The molecule has 0 amide bonds. The Morgan fingerprint density at radius 2 is 1.86 bits per heavy atom. The highest BCUT2D eigenvalue weighted by Gasteiger charge is 2.17. The second-order valence-corrected chi connectivity index (χ2v) is 4.29. The Bertz CT molecular complexity index is 744. The van der Waals surface area contributed by atoms with Gasteiger partial charge in [0.15, 0.2) is 23.2 Å². The van der Waals surface area contributed by atoms with Gasteiger partial charge in [0.1, 0.15) is 5.75 Å². The fourth-order valence-electron chi connectivity index (χ4n) is 1.74. The van der Waals surface area contributed by atoms with Crippen molar-refractivity contribution in [2.75, 3.05) is 5.73 Å². The van der Waals surface area contributed by atoms with Crippen LogP contribution >= 0.6 is 0 Å². The Kier molecular flexibility index (Phi) is 3.85. The summed E-state index contributed by atoms with van der Waals surface area (Å²) in [6, 6.07) is 7.49. The topological polar surface area (TPSA) is 76.1 Å². The molecule has 0 aliphatic heterocycles. The third kappa shape index (κ3) is 2.98. The fourth-order valence-corrected chi connectivity index (χ4v) is 1.74. The second-order valence-electron chi connectivity index (χ2n) is 4.29. The minimum atomic E-state index is -1.03. The standard InChI is InChI=1S/C15H10F2N2O2/c1-8(20)11-6-10(19)2-3-14(11)21-15-12(16)4-9(7-18)5-13(15)17/h2-6H,19H2,1H3. The van der Waals surface area contributed by atoms with Crippen LogP contribution in [0.4, 0.5) is 14.5 Å². The van der Waals surface area contributed by atoms with Crippen molar-refractivity contribution in [2.45, 2.75) is 6.92 Å². The molecule has 6 heteroatoms. The van der Waals surface area contributed by atoms with Crippen molar-refractivity contribution in [3.8, 4) is 17.6 Å². The molecule has 0 radical (unpaired) electrons. The molecular weight excluding hydrogens is 278 g/mol. The molecule has 0 saturated carbocycles. The van der Waals surface area contributed by atoms with Crippen molar-refractivity contribution in [3.63, 3.8) is 0 Å². The van der Waals surface area contributed by atoms with Crippen molar-refractivity contribution in [3.05, 3.63) is 53.1 Å². The van der Waals surface area contributed by atoms with Gasteiger partial charge in [-0.2, -0.15) is 5.26 Å². The van der Waals surface area contributed by atoms with E-state index in [-0.39, 0.29) is 22.7 Å². The molecule has 0 aliphatic rings. The summed E-state index contributed by atoms with van der Waals surface area (Å²) in [6.07, 6.45) is 0. The number of Topliss-reactive ketones (excluding diaryl/α,β-unsaturated/α-hetero) is 1. The summed E-state index contributed by atoms with van der Waals surface area (Å²) in [7, 11) is 0. The van der Waals surface area contributed by atoms with Crippen molar-refractivity contribution >= 4 is 11.5 Å². The predicted octanol–water partition coefficient (Wildman–Crippen LogP) is 3.41. The summed E-state index contributed by atoms with van der Waals surface area (Å²) in [5, 5.41) is 8.63. The first kappa shape index (κ1) is 14.5. The number of halogens is 2. The number of carbonyl (C=O) groups excluding carboxylic acids is 1. The molecule has 4 nitrogen and oxygen atoms in total. The zero-order chi connectivity index (χ0) is 15.6. The van der Waals surface area contributed by atoms with E-state index >= 15 is 0 Å². The smallest absolute Gasteiger partial charge is 0.198 e. The van der Waals surface area contributed by atoms with E-state index in [1.165, 1.54) is 25.1 Å². The van der Waals surface area contributed by atoms with E-state index in [2.05, 4.69) is 0 Å². The number of anilines is 1. The summed E-state index contributed by atoms with van der Waals surface area (Å²) in [5.74, 6) is -3.11. The Morgan fingerprint density at radius 1 is 1.24 bits per heavy atom. The number of nitriles is 1. The Hall–Kier alpha value is -2.94. The third-order valence-electron chi connectivity index (χ3n) is 2.72. The SMILES string of the molecule is CC(=O)c1cc(N)ccc1Oc1c(F)cc(C#N)cc1F. The predicted molar refractivity (Wildman–Crippen MR) is 72.0 cm³/mol. The molecule has 0 aromatic heterocycles. The first-order valence-electron chi connectivity index (χ1n) is 5.90. The van der Waals surface area contributed by atoms with Crippen molar-refractivity contribution in [1.29, 1.82) is 5.26 Å². The minimum Gasteiger partial charge on any atom is -0.450 e. The molecular formula is C15H10F2N2O2. The van der Waals surface area contributed by atoms with E-state index < -0.39 is 17.4 Å². The lowest BCUT2D eigenvalue weighted by Gasteiger charge is -2.11. The first-order chi connectivity index (χ1) is 9.92. The van der Waals surface area contributed by atoms with Crippen LogP contribution in [0, 0.1) is 23.0 Å². The van der Waals surface area contributed by atoms with Gasteiger partial charge in [-0.05, 0) is 37.3 Å². The number of carbonyl (C=O) groups is 1. The summed E-state index contributed by atoms with van der Waals surface area (Å²) < 4.78 is 32.7. The number of benzene rings is 2. The van der Waals surface area contributed by atoms with Gasteiger partial charge in [0, 0.05) is 5.69 Å². The van der Waals surface area contributed by atoms with Gasteiger partial charge in [-0.1, -0.05) is 0 Å². The molecule has 0 aliphatic carbocycles. The Morgan fingerprint density at radius 3 is 2.38 bits per heavy atom. The molecule has 106 valence electrons. The van der Waals surface area contributed by atoms with Crippen molar-refractivity contribution in [2.24, 2.45) is 0 Å². The molecule has 0 fully saturated rings. The number of hydrogen-bond acceptors (Lipinski definition) is 4. The fraction of sp³-hybridized carbons (Fsp3) is 0.0667. The van der Waals surface area contributed by atoms with Gasteiger partial charge in [0.2, 0.25) is 0 Å². The highest BCUT2D eigenvalue weighted by atomic mass is 19.1.